The molecular formula is C12H20N2O2. The van der Waals surface area contributed by atoms with Crippen molar-refractivity contribution in [2.24, 2.45) is 0 Å². The summed E-state index contributed by atoms with van der Waals surface area (Å²) in [6, 6.07) is 0. The lowest BCUT2D eigenvalue weighted by atomic mass is 10.1. The monoisotopic (exact) mass is 224 g/mol. The van der Waals surface area contributed by atoms with Gasteiger partial charge in [-0.2, -0.15) is 0 Å². The molecule has 0 radical (unpaired) electrons. The van der Waals surface area contributed by atoms with Gasteiger partial charge in [0.15, 0.2) is 0 Å². The van der Waals surface area contributed by atoms with Crippen molar-refractivity contribution < 1.29 is 9.32 Å². The molecule has 90 valence electrons. The summed E-state index contributed by atoms with van der Waals surface area (Å²) in [7, 11) is 0. The molecule has 0 aliphatic rings. The third kappa shape index (κ3) is 3.68. The van der Waals surface area contributed by atoms with E-state index in [4.69, 9.17) is 4.52 Å². The van der Waals surface area contributed by atoms with E-state index in [-0.39, 0.29) is 11.4 Å². The molecule has 4 heteroatoms. The Labute approximate surface area is 96.4 Å². The zero-order valence-corrected chi connectivity index (χ0v) is 10.7. The molecule has 0 aromatic carbocycles. The first-order chi connectivity index (χ1) is 7.29. The maximum absolute atomic E-state index is 11.6. The Bertz CT molecular complexity index is 355. The van der Waals surface area contributed by atoms with Crippen LogP contribution < -0.4 is 5.32 Å². The van der Waals surface area contributed by atoms with Gasteiger partial charge in [0.1, 0.15) is 5.76 Å². The molecule has 1 amide bonds. The molecule has 1 aromatic rings. The summed E-state index contributed by atoms with van der Waals surface area (Å²) in [5.41, 5.74) is 1.75. The predicted molar refractivity (Wildman–Crippen MR) is 62.2 cm³/mol. The Balaban J connectivity index is 2.50. The normalized spacial score (nSPS) is 11.6. The predicted octanol–water partition coefficient (Wildman–Crippen LogP) is 2.14. The van der Waals surface area contributed by atoms with Gasteiger partial charge in [0.25, 0.3) is 0 Å². The number of carbonyl (C=O) groups is 1. The van der Waals surface area contributed by atoms with E-state index in [1.165, 1.54) is 0 Å². The quantitative estimate of drug-likeness (QED) is 0.855. The largest absolute Gasteiger partial charge is 0.361 e. The third-order valence-electron chi connectivity index (χ3n) is 2.30. The number of aryl methyl sites for hydroxylation is 2. The molecule has 0 spiro atoms. The van der Waals surface area contributed by atoms with E-state index < -0.39 is 0 Å². The Morgan fingerprint density at radius 3 is 2.44 bits per heavy atom. The van der Waals surface area contributed by atoms with E-state index in [1.807, 2.05) is 34.6 Å². The van der Waals surface area contributed by atoms with Gasteiger partial charge in [0.2, 0.25) is 5.91 Å². The van der Waals surface area contributed by atoms with Gasteiger partial charge in [0.05, 0.1) is 5.69 Å². The van der Waals surface area contributed by atoms with Crippen molar-refractivity contribution >= 4 is 5.91 Å². The van der Waals surface area contributed by atoms with Gasteiger partial charge in [-0.1, -0.05) is 5.16 Å². The van der Waals surface area contributed by atoms with E-state index in [0.29, 0.717) is 12.8 Å². The lowest BCUT2D eigenvalue weighted by Gasteiger charge is -2.20. The van der Waals surface area contributed by atoms with Gasteiger partial charge in [-0.3, -0.25) is 4.79 Å². The summed E-state index contributed by atoms with van der Waals surface area (Å²) >= 11 is 0. The van der Waals surface area contributed by atoms with Crippen LogP contribution in [0.25, 0.3) is 0 Å². The number of aromatic nitrogens is 1. The topological polar surface area (TPSA) is 55.1 Å². The fourth-order valence-electron chi connectivity index (χ4n) is 1.58. The number of hydrogen-bond acceptors (Lipinski definition) is 3. The number of rotatable bonds is 3. The van der Waals surface area contributed by atoms with E-state index in [1.54, 1.807) is 0 Å². The van der Waals surface area contributed by atoms with Crippen LogP contribution in [0.4, 0.5) is 0 Å². The Kier molecular flexibility index (Phi) is 3.73. The van der Waals surface area contributed by atoms with E-state index >= 15 is 0 Å². The van der Waals surface area contributed by atoms with Crippen LogP contribution in [0.1, 0.15) is 44.2 Å². The van der Waals surface area contributed by atoms with Crippen LogP contribution in [-0.4, -0.2) is 16.6 Å². The fourth-order valence-corrected chi connectivity index (χ4v) is 1.58. The van der Waals surface area contributed by atoms with Crippen LogP contribution >= 0.6 is 0 Å². The van der Waals surface area contributed by atoms with Crippen molar-refractivity contribution in [1.82, 2.24) is 10.5 Å². The summed E-state index contributed by atoms with van der Waals surface area (Å²) < 4.78 is 5.05. The molecule has 1 heterocycles. The Morgan fingerprint density at radius 2 is 2.00 bits per heavy atom. The highest BCUT2D eigenvalue weighted by atomic mass is 16.5. The minimum absolute atomic E-state index is 0.0625. The number of nitrogens with one attached hydrogen (secondary N) is 1. The Morgan fingerprint density at radius 1 is 1.38 bits per heavy atom. The molecule has 16 heavy (non-hydrogen) atoms. The lowest BCUT2D eigenvalue weighted by molar-refractivity contribution is -0.122. The molecule has 0 saturated carbocycles. The number of nitrogens with zero attached hydrogens (tertiary/aromatic N) is 1. The standard InChI is InChI=1S/C12H20N2O2/c1-8-10(9(2)16-14-8)6-7-11(15)13-12(3,4)5/h6-7H2,1-5H3,(H,13,15). The van der Waals surface area contributed by atoms with Gasteiger partial charge in [0, 0.05) is 17.5 Å². The maximum atomic E-state index is 11.6. The molecular weight excluding hydrogens is 204 g/mol. The van der Waals surface area contributed by atoms with Gasteiger partial charge in [-0.15, -0.1) is 0 Å². The summed E-state index contributed by atoms with van der Waals surface area (Å²) in [6.45, 7) is 9.69. The molecule has 0 saturated heterocycles. The third-order valence-corrected chi connectivity index (χ3v) is 2.30. The van der Waals surface area contributed by atoms with E-state index in [9.17, 15) is 4.79 Å². The first-order valence-electron chi connectivity index (χ1n) is 5.52. The van der Waals surface area contributed by atoms with Crippen molar-refractivity contribution in [2.75, 3.05) is 0 Å². The van der Waals surface area contributed by atoms with Gasteiger partial charge in [-0.05, 0) is 41.0 Å². The van der Waals surface area contributed by atoms with Crippen molar-refractivity contribution in [3.63, 3.8) is 0 Å². The molecule has 0 fully saturated rings. The fraction of sp³-hybridized carbons (Fsp3) is 0.667. The van der Waals surface area contributed by atoms with Crippen molar-refractivity contribution in [2.45, 2.75) is 53.0 Å². The zero-order valence-electron chi connectivity index (χ0n) is 10.7. The van der Waals surface area contributed by atoms with E-state index in [0.717, 1.165) is 17.0 Å². The molecule has 4 nitrogen and oxygen atoms in total. The minimum atomic E-state index is -0.171. The molecule has 0 unspecified atom stereocenters. The first kappa shape index (κ1) is 12.7. The number of carbonyl (C=O) groups excluding carboxylic acids is 1. The van der Waals surface area contributed by atoms with Crippen LogP contribution in [0.3, 0.4) is 0 Å². The summed E-state index contributed by atoms with van der Waals surface area (Å²) in [6.07, 6.45) is 1.16. The summed E-state index contributed by atoms with van der Waals surface area (Å²) in [5, 5.41) is 6.79. The maximum Gasteiger partial charge on any atom is 0.220 e. The van der Waals surface area contributed by atoms with Crippen LogP contribution in [0, 0.1) is 13.8 Å². The molecule has 1 aromatic heterocycles. The SMILES string of the molecule is Cc1noc(C)c1CCC(=O)NC(C)(C)C. The Hall–Kier alpha value is -1.32. The van der Waals surface area contributed by atoms with Gasteiger partial charge >= 0.3 is 0 Å². The minimum Gasteiger partial charge on any atom is -0.361 e. The van der Waals surface area contributed by atoms with Gasteiger partial charge < -0.3 is 9.84 Å². The van der Waals surface area contributed by atoms with Crippen LogP contribution in [-0.2, 0) is 11.2 Å². The van der Waals surface area contributed by atoms with Crippen LogP contribution in [0.2, 0.25) is 0 Å². The second-order valence-corrected chi connectivity index (χ2v) is 5.10. The molecule has 0 bridgehead atoms. The van der Waals surface area contributed by atoms with Crippen molar-refractivity contribution in [3.05, 3.63) is 17.0 Å². The number of hydrogen-bond donors (Lipinski definition) is 1. The molecule has 1 N–H and O–H groups in total. The van der Waals surface area contributed by atoms with Crippen LogP contribution in [0.15, 0.2) is 4.52 Å². The molecule has 0 atom stereocenters. The molecule has 0 aliphatic heterocycles. The van der Waals surface area contributed by atoms with Crippen molar-refractivity contribution in [3.8, 4) is 0 Å². The zero-order chi connectivity index (χ0) is 12.3. The highest BCUT2D eigenvalue weighted by molar-refractivity contribution is 5.76. The smallest absolute Gasteiger partial charge is 0.220 e. The second-order valence-electron chi connectivity index (χ2n) is 5.10. The molecule has 0 aliphatic carbocycles. The summed E-state index contributed by atoms with van der Waals surface area (Å²) in [4.78, 5) is 11.6. The second kappa shape index (κ2) is 4.68. The lowest BCUT2D eigenvalue weighted by Crippen LogP contribution is -2.40. The first-order valence-corrected chi connectivity index (χ1v) is 5.52. The van der Waals surface area contributed by atoms with E-state index in [2.05, 4.69) is 10.5 Å². The average molecular weight is 224 g/mol. The highest BCUT2D eigenvalue weighted by Gasteiger charge is 2.15. The van der Waals surface area contributed by atoms with Crippen LogP contribution in [0.5, 0.6) is 0 Å². The summed E-state index contributed by atoms with van der Waals surface area (Å²) in [5.74, 6) is 0.869. The highest BCUT2D eigenvalue weighted by Crippen LogP contribution is 2.14. The van der Waals surface area contributed by atoms with Gasteiger partial charge in [-0.25, -0.2) is 0 Å². The molecule has 1 rings (SSSR count). The van der Waals surface area contributed by atoms with Crippen molar-refractivity contribution in [1.29, 1.82) is 0 Å². The average Bonchev–Trinajstić information content (AvgIpc) is 2.41. The number of amides is 1.